The second-order valence-corrected chi connectivity index (χ2v) is 6.77. The third kappa shape index (κ3) is 7.57. The fraction of sp³-hybridized carbons (Fsp3) is 0.250. The molecule has 0 radical (unpaired) electrons. The molecule has 0 saturated heterocycles. The molecule has 0 saturated carbocycles. The molecule has 0 aliphatic rings. The van der Waals surface area contributed by atoms with Crippen LogP contribution in [0.2, 0.25) is 0 Å². The Kier molecular flexibility index (Phi) is 8.48. The second-order valence-electron chi connectivity index (χ2n) is 6.77. The lowest BCUT2D eigenvalue weighted by Crippen LogP contribution is -2.40. The number of nitro groups is 1. The van der Waals surface area contributed by atoms with Crippen LogP contribution in [0.4, 0.5) is 16.2 Å². The van der Waals surface area contributed by atoms with Gasteiger partial charge in [-0.3, -0.25) is 19.7 Å². The number of ether oxygens (including phenoxy) is 2. The predicted octanol–water partition coefficient (Wildman–Crippen LogP) is 1.17. The quantitative estimate of drug-likeness (QED) is 0.169. The molecule has 12 nitrogen and oxygen atoms in total. The molecule has 7 N–H and O–H groups in total. The number of nitrogens with one attached hydrogen (secondary N) is 1. The molecule has 2 atom stereocenters. The number of carbonyl (C=O) groups excluding carboxylic acids is 3. The minimum absolute atomic E-state index is 0.0845. The van der Waals surface area contributed by atoms with Gasteiger partial charge in [-0.25, -0.2) is 4.79 Å². The number of anilines is 1. The van der Waals surface area contributed by atoms with E-state index in [9.17, 15) is 24.5 Å². The van der Waals surface area contributed by atoms with E-state index in [0.717, 1.165) is 0 Å². The molecule has 0 bridgehead atoms. The zero-order valence-corrected chi connectivity index (χ0v) is 16.9. The monoisotopic (exact) mass is 445 g/mol. The van der Waals surface area contributed by atoms with E-state index in [1.165, 1.54) is 24.3 Å². The summed E-state index contributed by atoms with van der Waals surface area (Å²) in [6.07, 6.45) is -0.557. The van der Waals surface area contributed by atoms with Gasteiger partial charge >= 0.3 is 6.16 Å². The molecule has 0 aliphatic heterocycles. The second kappa shape index (κ2) is 11.3. The summed E-state index contributed by atoms with van der Waals surface area (Å²) in [5, 5.41) is 13.6. The van der Waals surface area contributed by atoms with E-state index in [4.69, 9.17) is 26.7 Å². The molecule has 2 aromatic carbocycles. The molecule has 2 aromatic rings. The Morgan fingerprint density at radius 1 is 0.969 bits per heavy atom. The third-order valence-electron chi connectivity index (χ3n) is 4.38. The molecular formula is C20H23N5O7. The predicted molar refractivity (Wildman–Crippen MR) is 113 cm³/mol. The van der Waals surface area contributed by atoms with Crippen molar-refractivity contribution >= 4 is 29.3 Å². The van der Waals surface area contributed by atoms with Gasteiger partial charge in [-0.05, 0) is 42.7 Å². The van der Waals surface area contributed by atoms with Crippen LogP contribution in [0.25, 0.3) is 0 Å². The number of nitrogens with zero attached hydrogens (tertiary/aromatic N) is 1. The van der Waals surface area contributed by atoms with Crippen molar-refractivity contribution in [1.29, 1.82) is 0 Å². The summed E-state index contributed by atoms with van der Waals surface area (Å²) in [6, 6.07) is 9.99. The first kappa shape index (κ1) is 24.1. The highest BCUT2D eigenvalue weighted by atomic mass is 16.7. The van der Waals surface area contributed by atoms with Crippen molar-refractivity contribution in [1.82, 2.24) is 0 Å². The van der Waals surface area contributed by atoms with E-state index in [-0.39, 0.29) is 30.9 Å². The summed E-state index contributed by atoms with van der Waals surface area (Å²) in [5.41, 5.74) is 17.2. The summed E-state index contributed by atoms with van der Waals surface area (Å²) in [6.45, 7) is -0.0845. The van der Waals surface area contributed by atoms with Crippen molar-refractivity contribution in [2.45, 2.75) is 31.5 Å². The van der Waals surface area contributed by atoms with Crippen molar-refractivity contribution in [3.05, 3.63) is 64.2 Å². The van der Waals surface area contributed by atoms with Gasteiger partial charge in [-0.1, -0.05) is 12.1 Å². The lowest BCUT2D eigenvalue weighted by atomic mass is 10.1. The molecule has 0 fully saturated rings. The molecule has 0 aromatic heterocycles. The standard InChI is InChI=1S/C20H23N5O7/c21-16(18(22)26)9-10-17(19(23)27)24-13-3-1-12(2-4-13)11-31-20(28)32-15-7-5-14(6-8-15)25(29)30/h1-8,16-17,24H,9-11,21H2,(H2,22,26)(H2,23,27)/t16?,17-/m0/s1. The average Bonchev–Trinajstić information content (AvgIpc) is 2.75. The van der Waals surface area contributed by atoms with Crippen LogP contribution in [-0.4, -0.2) is 35.0 Å². The van der Waals surface area contributed by atoms with Crippen LogP contribution < -0.4 is 27.3 Å². The topological polar surface area (TPSA) is 203 Å². The molecule has 0 aliphatic carbocycles. The van der Waals surface area contributed by atoms with Crippen LogP contribution in [-0.2, 0) is 20.9 Å². The van der Waals surface area contributed by atoms with Crippen LogP contribution in [0.15, 0.2) is 48.5 Å². The Hall–Kier alpha value is -4.19. The largest absolute Gasteiger partial charge is 0.514 e. The Morgan fingerprint density at radius 3 is 2.12 bits per heavy atom. The molecule has 170 valence electrons. The first-order valence-corrected chi connectivity index (χ1v) is 9.44. The SMILES string of the molecule is NC(=O)C(N)CC[C@H](Nc1ccc(COC(=O)Oc2ccc([N+](=O)[O-])cc2)cc1)C(N)=O. The molecule has 0 spiro atoms. The fourth-order valence-electron chi connectivity index (χ4n) is 2.58. The number of hydrogen-bond donors (Lipinski definition) is 4. The van der Waals surface area contributed by atoms with Crippen LogP contribution in [0.1, 0.15) is 18.4 Å². The molecule has 12 heteroatoms. The highest BCUT2D eigenvalue weighted by Gasteiger charge is 2.18. The average molecular weight is 445 g/mol. The number of carbonyl (C=O) groups is 3. The van der Waals surface area contributed by atoms with E-state index in [2.05, 4.69) is 5.32 Å². The Morgan fingerprint density at radius 2 is 1.59 bits per heavy atom. The van der Waals surface area contributed by atoms with Crippen LogP contribution in [0, 0.1) is 10.1 Å². The van der Waals surface area contributed by atoms with E-state index >= 15 is 0 Å². The van der Waals surface area contributed by atoms with Gasteiger partial charge in [-0.15, -0.1) is 0 Å². The van der Waals surface area contributed by atoms with Gasteiger partial charge in [0, 0.05) is 17.8 Å². The van der Waals surface area contributed by atoms with Gasteiger partial charge in [0.1, 0.15) is 18.4 Å². The maximum absolute atomic E-state index is 11.8. The summed E-state index contributed by atoms with van der Waals surface area (Å²) >= 11 is 0. The Bertz CT molecular complexity index is 963. The number of primary amides is 2. The highest BCUT2D eigenvalue weighted by molar-refractivity contribution is 5.83. The van der Waals surface area contributed by atoms with Crippen molar-refractivity contribution in [2.24, 2.45) is 17.2 Å². The third-order valence-corrected chi connectivity index (χ3v) is 4.38. The van der Waals surface area contributed by atoms with Crippen molar-refractivity contribution in [2.75, 3.05) is 5.32 Å². The van der Waals surface area contributed by atoms with Crippen molar-refractivity contribution in [3.8, 4) is 5.75 Å². The first-order valence-electron chi connectivity index (χ1n) is 9.44. The molecule has 2 rings (SSSR count). The number of hydrogen-bond acceptors (Lipinski definition) is 9. The summed E-state index contributed by atoms with van der Waals surface area (Å²) in [7, 11) is 0. The van der Waals surface area contributed by atoms with E-state index in [1.54, 1.807) is 24.3 Å². The maximum atomic E-state index is 11.8. The zero-order chi connectivity index (χ0) is 23.7. The van der Waals surface area contributed by atoms with Crippen molar-refractivity contribution in [3.63, 3.8) is 0 Å². The lowest BCUT2D eigenvalue weighted by Gasteiger charge is -2.18. The molecule has 1 unspecified atom stereocenters. The van der Waals surface area contributed by atoms with Gasteiger partial charge in [-0.2, -0.15) is 0 Å². The lowest BCUT2D eigenvalue weighted by molar-refractivity contribution is -0.384. The van der Waals surface area contributed by atoms with Gasteiger partial charge in [0.15, 0.2) is 0 Å². The number of amides is 2. The van der Waals surface area contributed by atoms with Crippen molar-refractivity contribution < 1.29 is 28.8 Å². The minimum Gasteiger partial charge on any atom is -0.429 e. The summed E-state index contributed by atoms with van der Waals surface area (Å²) < 4.78 is 9.95. The zero-order valence-electron chi connectivity index (χ0n) is 16.9. The van der Waals surface area contributed by atoms with Crippen LogP contribution in [0.5, 0.6) is 5.75 Å². The smallest absolute Gasteiger partial charge is 0.429 e. The van der Waals surface area contributed by atoms with E-state index in [0.29, 0.717) is 11.3 Å². The van der Waals surface area contributed by atoms with Gasteiger partial charge in [0.25, 0.3) is 5.69 Å². The minimum atomic E-state index is -0.972. The highest BCUT2D eigenvalue weighted by Crippen LogP contribution is 2.18. The van der Waals surface area contributed by atoms with E-state index in [1.807, 2.05) is 0 Å². The number of nitro benzene ring substituents is 1. The molecule has 0 heterocycles. The fourth-order valence-corrected chi connectivity index (χ4v) is 2.58. The Labute approximate surface area is 182 Å². The maximum Gasteiger partial charge on any atom is 0.514 e. The summed E-state index contributed by atoms with van der Waals surface area (Å²) in [4.78, 5) is 44.5. The van der Waals surface area contributed by atoms with Crippen LogP contribution in [0.3, 0.4) is 0 Å². The van der Waals surface area contributed by atoms with Gasteiger partial charge in [0.2, 0.25) is 11.8 Å². The number of benzene rings is 2. The van der Waals surface area contributed by atoms with Gasteiger partial charge < -0.3 is 32.0 Å². The first-order chi connectivity index (χ1) is 15.2. The van der Waals surface area contributed by atoms with Crippen LogP contribution >= 0.6 is 0 Å². The summed E-state index contributed by atoms with van der Waals surface area (Å²) in [5.74, 6) is -1.17. The molecule has 32 heavy (non-hydrogen) atoms. The molecular weight excluding hydrogens is 422 g/mol. The normalized spacial score (nSPS) is 12.3. The number of nitrogens with two attached hydrogens (primary N) is 3. The molecule has 2 amide bonds. The van der Waals surface area contributed by atoms with Gasteiger partial charge in [0.05, 0.1) is 11.0 Å². The Balaban J connectivity index is 1.84. The number of non-ortho nitro benzene ring substituents is 1. The number of rotatable bonds is 11. The van der Waals surface area contributed by atoms with E-state index < -0.39 is 35.0 Å².